The van der Waals surface area contributed by atoms with Crippen LogP contribution in [0.5, 0.6) is 17.2 Å². The van der Waals surface area contributed by atoms with Crippen molar-refractivity contribution in [3.63, 3.8) is 0 Å². The molecule has 0 saturated carbocycles. The number of hydrogen-bond donors (Lipinski definition) is 1. The summed E-state index contributed by atoms with van der Waals surface area (Å²) in [5.41, 5.74) is 2.21. The standard InChI is InChI=1S/C20H17FN2O4S/c1-25-16-6-4-13(9-14(16)21)15-10-28-20(22-15)23-19(24)7-3-12-2-5-17-18(8-12)27-11-26-17/h2,4-6,8-10H,3,7,11H2,1H3,(H,22,23,24). The Morgan fingerprint density at radius 2 is 2.11 bits per heavy atom. The Hall–Kier alpha value is -3.13. The van der Waals surface area contributed by atoms with Gasteiger partial charge >= 0.3 is 0 Å². The Bertz CT molecular complexity index is 1020. The van der Waals surface area contributed by atoms with Gasteiger partial charge in [0.1, 0.15) is 0 Å². The zero-order valence-electron chi connectivity index (χ0n) is 15.0. The van der Waals surface area contributed by atoms with Crippen molar-refractivity contribution in [2.75, 3.05) is 19.2 Å². The largest absolute Gasteiger partial charge is 0.494 e. The third kappa shape index (κ3) is 3.91. The second kappa shape index (κ2) is 7.85. The molecule has 2 heterocycles. The van der Waals surface area contributed by atoms with E-state index in [0.29, 0.717) is 35.0 Å². The number of thiazole rings is 1. The highest BCUT2D eigenvalue weighted by atomic mass is 32.1. The molecule has 1 aliphatic rings. The fourth-order valence-electron chi connectivity index (χ4n) is 2.83. The molecule has 1 aromatic heterocycles. The first-order valence-electron chi connectivity index (χ1n) is 8.60. The van der Waals surface area contributed by atoms with Crippen molar-refractivity contribution in [3.05, 3.63) is 53.2 Å². The van der Waals surface area contributed by atoms with Gasteiger partial charge in [-0.15, -0.1) is 11.3 Å². The average molecular weight is 400 g/mol. The topological polar surface area (TPSA) is 69.7 Å². The van der Waals surface area contributed by atoms with Crippen molar-refractivity contribution in [1.29, 1.82) is 0 Å². The average Bonchev–Trinajstić information content (AvgIpc) is 3.35. The second-order valence-electron chi connectivity index (χ2n) is 6.12. The van der Waals surface area contributed by atoms with Gasteiger partial charge in [0.25, 0.3) is 0 Å². The first-order chi connectivity index (χ1) is 13.6. The number of carbonyl (C=O) groups excluding carboxylic acids is 1. The van der Waals surface area contributed by atoms with Gasteiger partial charge < -0.3 is 19.5 Å². The number of methoxy groups -OCH3 is 1. The number of fused-ring (bicyclic) bond motifs is 1. The summed E-state index contributed by atoms with van der Waals surface area (Å²) in [5.74, 6) is 1.01. The van der Waals surface area contributed by atoms with Gasteiger partial charge in [0.15, 0.2) is 28.2 Å². The Balaban J connectivity index is 1.36. The van der Waals surface area contributed by atoms with E-state index in [2.05, 4.69) is 10.3 Å². The number of benzene rings is 2. The number of carbonyl (C=O) groups is 1. The lowest BCUT2D eigenvalue weighted by atomic mass is 10.1. The quantitative estimate of drug-likeness (QED) is 0.670. The summed E-state index contributed by atoms with van der Waals surface area (Å²) in [6.45, 7) is 0.226. The molecule has 0 atom stereocenters. The number of nitrogens with one attached hydrogen (secondary N) is 1. The Morgan fingerprint density at radius 3 is 2.93 bits per heavy atom. The summed E-state index contributed by atoms with van der Waals surface area (Å²) in [4.78, 5) is 16.6. The van der Waals surface area contributed by atoms with Gasteiger partial charge in [-0.1, -0.05) is 6.07 Å². The molecule has 0 fully saturated rings. The molecule has 2 aromatic carbocycles. The molecule has 1 amide bonds. The Kier molecular flexibility index (Phi) is 5.12. The van der Waals surface area contributed by atoms with Gasteiger partial charge in [-0.3, -0.25) is 4.79 Å². The number of aromatic nitrogens is 1. The maximum absolute atomic E-state index is 13.9. The molecule has 1 aliphatic heterocycles. The smallest absolute Gasteiger partial charge is 0.231 e. The minimum atomic E-state index is -0.456. The number of halogens is 1. The van der Waals surface area contributed by atoms with Gasteiger partial charge in [-0.25, -0.2) is 9.37 Å². The van der Waals surface area contributed by atoms with Crippen molar-refractivity contribution < 1.29 is 23.4 Å². The summed E-state index contributed by atoms with van der Waals surface area (Å²) < 4.78 is 29.4. The van der Waals surface area contributed by atoms with Gasteiger partial charge in [0.2, 0.25) is 12.7 Å². The van der Waals surface area contributed by atoms with Crippen LogP contribution in [0, 0.1) is 5.82 Å². The number of rotatable bonds is 6. The fraction of sp³-hybridized carbons (Fsp3) is 0.200. The van der Waals surface area contributed by atoms with Crippen LogP contribution in [0.1, 0.15) is 12.0 Å². The highest BCUT2D eigenvalue weighted by molar-refractivity contribution is 7.14. The Morgan fingerprint density at radius 1 is 1.25 bits per heavy atom. The van der Waals surface area contributed by atoms with Crippen LogP contribution in [0.25, 0.3) is 11.3 Å². The number of hydrogen-bond acceptors (Lipinski definition) is 6. The highest BCUT2D eigenvalue weighted by Crippen LogP contribution is 2.33. The molecule has 0 unspecified atom stereocenters. The number of nitrogens with zero attached hydrogens (tertiary/aromatic N) is 1. The fourth-order valence-corrected chi connectivity index (χ4v) is 3.56. The third-order valence-electron chi connectivity index (χ3n) is 4.28. The van der Waals surface area contributed by atoms with Crippen LogP contribution < -0.4 is 19.5 Å². The lowest BCUT2D eigenvalue weighted by molar-refractivity contribution is -0.116. The second-order valence-corrected chi connectivity index (χ2v) is 6.98. The van der Waals surface area contributed by atoms with E-state index in [0.717, 1.165) is 11.3 Å². The maximum atomic E-state index is 13.9. The lowest BCUT2D eigenvalue weighted by Gasteiger charge is -2.04. The first-order valence-corrected chi connectivity index (χ1v) is 9.48. The van der Waals surface area contributed by atoms with Crippen molar-refractivity contribution in [2.45, 2.75) is 12.8 Å². The molecule has 8 heteroatoms. The van der Waals surface area contributed by atoms with Crippen LogP contribution >= 0.6 is 11.3 Å². The maximum Gasteiger partial charge on any atom is 0.231 e. The molecule has 0 radical (unpaired) electrons. The molecule has 3 aromatic rings. The summed E-state index contributed by atoms with van der Waals surface area (Å²) >= 11 is 1.29. The van der Waals surface area contributed by atoms with Crippen molar-refractivity contribution >= 4 is 22.4 Å². The molecular weight excluding hydrogens is 383 g/mol. The monoisotopic (exact) mass is 400 g/mol. The summed E-state index contributed by atoms with van der Waals surface area (Å²) in [6.07, 6.45) is 0.885. The van der Waals surface area contributed by atoms with E-state index in [9.17, 15) is 9.18 Å². The van der Waals surface area contributed by atoms with Crippen molar-refractivity contribution in [1.82, 2.24) is 4.98 Å². The summed E-state index contributed by atoms with van der Waals surface area (Å²) in [7, 11) is 1.41. The molecule has 0 aliphatic carbocycles. The van der Waals surface area contributed by atoms with Gasteiger partial charge in [0, 0.05) is 17.4 Å². The molecule has 0 saturated heterocycles. The minimum Gasteiger partial charge on any atom is -0.494 e. The molecule has 6 nitrogen and oxygen atoms in total. The lowest BCUT2D eigenvalue weighted by Crippen LogP contribution is -2.12. The number of ether oxygens (including phenoxy) is 3. The van der Waals surface area contributed by atoms with Crippen LogP contribution in [0.3, 0.4) is 0 Å². The van der Waals surface area contributed by atoms with E-state index >= 15 is 0 Å². The van der Waals surface area contributed by atoms with Crippen molar-refractivity contribution in [3.8, 4) is 28.5 Å². The molecule has 4 rings (SSSR count). The first kappa shape index (κ1) is 18.2. The normalized spacial score (nSPS) is 12.1. The number of aryl methyl sites for hydroxylation is 1. The van der Waals surface area contributed by atoms with E-state index < -0.39 is 5.82 Å². The van der Waals surface area contributed by atoms with Gasteiger partial charge in [-0.05, 0) is 42.3 Å². The van der Waals surface area contributed by atoms with Crippen LogP contribution in [0.2, 0.25) is 0 Å². The van der Waals surface area contributed by atoms with Crippen LogP contribution in [-0.4, -0.2) is 24.8 Å². The predicted octanol–water partition coefficient (Wildman–Crippen LogP) is 4.26. The molecule has 28 heavy (non-hydrogen) atoms. The van der Waals surface area contributed by atoms with E-state index in [4.69, 9.17) is 14.2 Å². The van der Waals surface area contributed by atoms with E-state index in [1.54, 1.807) is 17.5 Å². The van der Waals surface area contributed by atoms with Crippen LogP contribution in [0.4, 0.5) is 9.52 Å². The van der Waals surface area contributed by atoms with Crippen molar-refractivity contribution in [2.24, 2.45) is 0 Å². The third-order valence-corrected chi connectivity index (χ3v) is 5.03. The Labute approximate surface area is 164 Å². The molecule has 0 spiro atoms. The molecular formula is C20H17FN2O4S. The minimum absolute atomic E-state index is 0.139. The summed E-state index contributed by atoms with van der Waals surface area (Å²) in [5, 5.41) is 5.03. The molecule has 144 valence electrons. The van der Waals surface area contributed by atoms with E-state index in [-0.39, 0.29) is 18.4 Å². The SMILES string of the molecule is COc1ccc(-c2csc(NC(=O)CCc3ccc4c(c3)OCO4)n2)cc1F. The van der Waals surface area contributed by atoms with Crippen LogP contribution in [0.15, 0.2) is 41.8 Å². The van der Waals surface area contributed by atoms with E-state index in [1.165, 1.54) is 24.5 Å². The highest BCUT2D eigenvalue weighted by Gasteiger charge is 2.14. The predicted molar refractivity (Wildman–Crippen MR) is 104 cm³/mol. The van der Waals surface area contributed by atoms with Gasteiger partial charge in [0.05, 0.1) is 12.8 Å². The molecule has 1 N–H and O–H groups in total. The zero-order chi connectivity index (χ0) is 19.5. The van der Waals surface area contributed by atoms with Crippen LogP contribution in [-0.2, 0) is 11.2 Å². The number of amides is 1. The summed E-state index contributed by atoms with van der Waals surface area (Å²) in [6, 6.07) is 10.3. The number of anilines is 1. The zero-order valence-corrected chi connectivity index (χ0v) is 15.8. The van der Waals surface area contributed by atoms with Gasteiger partial charge in [-0.2, -0.15) is 0 Å². The molecule has 0 bridgehead atoms. The van der Waals surface area contributed by atoms with E-state index in [1.807, 2.05) is 18.2 Å².